The van der Waals surface area contributed by atoms with E-state index in [0.29, 0.717) is 5.41 Å². The maximum Gasteiger partial charge on any atom is 0.0480 e. The van der Waals surface area contributed by atoms with Crippen molar-refractivity contribution >= 4 is 10.9 Å². The van der Waals surface area contributed by atoms with Gasteiger partial charge in [-0.05, 0) is 54.3 Å². The molecule has 0 saturated heterocycles. The summed E-state index contributed by atoms with van der Waals surface area (Å²) in [5.74, 6) is 0. The zero-order valence-electron chi connectivity index (χ0n) is 10.4. The fourth-order valence-electron chi connectivity index (χ4n) is 3.16. The van der Waals surface area contributed by atoms with Crippen LogP contribution in [-0.4, -0.2) is 11.1 Å². The largest absolute Gasteiger partial charge is 0.351 e. The van der Waals surface area contributed by atoms with Gasteiger partial charge in [-0.15, -0.1) is 0 Å². The van der Waals surface area contributed by atoms with Gasteiger partial charge in [0.15, 0.2) is 0 Å². The second kappa shape index (κ2) is 3.88. The first-order valence-electron chi connectivity index (χ1n) is 6.51. The molecule has 0 unspecified atom stereocenters. The summed E-state index contributed by atoms with van der Waals surface area (Å²) in [5.41, 5.74) is 8.99. The van der Waals surface area contributed by atoms with Crippen LogP contribution < -0.4 is 5.73 Å². The summed E-state index contributed by atoms with van der Waals surface area (Å²) in [6.07, 6.45) is 7.22. The molecule has 0 amide bonds. The number of hydrogen-bond acceptors (Lipinski definition) is 1. The van der Waals surface area contributed by atoms with E-state index in [9.17, 15) is 0 Å². The number of benzene rings is 1. The lowest BCUT2D eigenvalue weighted by Crippen LogP contribution is -2.36. The zero-order chi connectivity index (χ0) is 11.9. The molecule has 1 aliphatic carbocycles. The molecule has 0 bridgehead atoms. The molecule has 0 atom stereocenters. The van der Waals surface area contributed by atoms with Crippen LogP contribution in [0.15, 0.2) is 30.5 Å². The molecule has 2 heteroatoms. The number of hydrogen-bond donors (Lipinski definition) is 1. The van der Waals surface area contributed by atoms with E-state index < -0.39 is 0 Å². The van der Waals surface area contributed by atoms with Crippen molar-refractivity contribution in [2.75, 3.05) is 6.54 Å². The normalized spacial score (nSPS) is 18.2. The van der Waals surface area contributed by atoms with E-state index >= 15 is 0 Å². The maximum atomic E-state index is 5.78. The lowest BCUT2D eigenvalue weighted by atomic mass is 9.62. The van der Waals surface area contributed by atoms with Gasteiger partial charge in [0.05, 0.1) is 0 Å². The van der Waals surface area contributed by atoms with Crippen molar-refractivity contribution in [1.82, 2.24) is 4.57 Å². The molecule has 2 nitrogen and oxygen atoms in total. The summed E-state index contributed by atoms with van der Waals surface area (Å²) in [7, 11) is 2.11. The average Bonchev–Trinajstić information content (AvgIpc) is 2.65. The molecule has 0 radical (unpaired) electrons. The smallest absolute Gasteiger partial charge is 0.0480 e. The maximum absolute atomic E-state index is 5.78. The van der Waals surface area contributed by atoms with Crippen molar-refractivity contribution in [2.24, 2.45) is 12.8 Å². The van der Waals surface area contributed by atoms with Crippen LogP contribution in [-0.2, 0) is 12.5 Å². The second-order valence-electron chi connectivity index (χ2n) is 5.37. The summed E-state index contributed by atoms with van der Waals surface area (Å²) >= 11 is 0. The van der Waals surface area contributed by atoms with Gasteiger partial charge in [-0.3, -0.25) is 0 Å². The molecule has 0 spiro atoms. The fraction of sp³-hybridized carbons (Fsp3) is 0.467. The van der Waals surface area contributed by atoms with Crippen LogP contribution in [0, 0.1) is 0 Å². The van der Waals surface area contributed by atoms with Gasteiger partial charge in [-0.25, -0.2) is 0 Å². The van der Waals surface area contributed by atoms with Crippen molar-refractivity contribution in [3.63, 3.8) is 0 Å². The number of nitrogens with zero attached hydrogens (tertiary/aromatic N) is 1. The number of aromatic nitrogens is 1. The van der Waals surface area contributed by atoms with E-state index in [-0.39, 0.29) is 0 Å². The van der Waals surface area contributed by atoms with Crippen LogP contribution in [0.2, 0.25) is 0 Å². The van der Waals surface area contributed by atoms with Crippen LogP contribution in [0.3, 0.4) is 0 Å². The number of aryl methyl sites for hydroxylation is 1. The Labute approximate surface area is 102 Å². The van der Waals surface area contributed by atoms with Crippen LogP contribution >= 0.6 is 0 Å². The highest BCUT2D eigenvalue weighted by molar-refractivity contribution is 5.81. The molecule has 1 aromatic heterocycles. The Bertz CT molecular complexity index is 535. The van der Waals surface area contributed by atoms with Gasteiger partial charge < -0.3 is 10.3 Å². The third-order valence-electron chi connectivity index (χ3n) is 4.43. The van der Waals surface area contributed by atoms with Crippen LogP contribution in [0.25, 0.3) is 10.9 Å². The zero-order valence-corrected chi connectivity index (χ0v) is 10.4. The monoisotopic (exact) mass is 228 g/mol. The summed E-state index contributed by atoms with van der Waals surface area (Å²) in [6.45, 7) is 0.797. The lowest BCUT2D eigenvalue weighted by Gasteiger charge is -2.42. The van der Waals surface area contributed by atoms with Crippen LogP contribution in [0.5, 0.6) is 0 Å². The van der Waals surface area contributed by atoms with Crippen molar-refractivity contribution in [3.8, 4) is 0 Å². The second-order valence-corrected chi connectivity index (χ2v) is 5.37. The highest BCUT2D eigenvalue weighted by Crippen LogP contribution is 2.46. The molecule has 2 aromatic rings. The average molecular weight is 228 g/mol. The fourth-order valence-corrected chi connectivity index (χ4v) is 3.16. The molecule has 1 saturated carbocycles. The van der Waals surface area contributed by atoms with Crippen molar-refractivity contribution < 1.29 is 0 Å². The summed E-state index contributed by atoms with van der Waals surface area (Å²) in [5, 5.41) is 1.33. The van der Waals surface area contributed by atoms with E-state index in [0.717, 1.165) is 13.0 Å². The number of fused-ring (bicyclic) bond motifs is 1. The molecule has 17 heavy (non-hydrogen) atoms. The molecule has 1 aromatic carbocycles. The Morgan fingerprint density at radius 1 is 1.29 bits per heavy atom. The van der Waals surface area contributed by atoms with Crippen molar-refractivity contribution in [1.29, 1.82) is 0 Å². The Kier molecular flexibility index (Phi) is 2.48. The number of nitrogens with two attached hydrogens (primary N) is 1. The minimum absolute atomic E-state index is 0.382. The lowest BCUT2D eigenvalue weighted by molar-refractivity contribution is 0.229. The van der Waals surface area contributed by atoms with Gasteiger partial charge in [-0.1, -0.05) is 18.6 Å². The standard InChI is InChI=1S/C15H20N2/c1-17-10-5-12-3-4-13(11-14(12)17)15(8-9-16)6-2-7-15/h3-5,10-11H,2,6-9,16H2,1H3. The third kappa shape index (κ3) is 1.59. The first-order chi connectivity index (χ1) is 8.25. The van der Waals surface area contributed by atoms with E-state index in [1.54, 1.807) is 0 Å². The molecular formula is C15H20N2. The molecule has 3 rings (SSSR count). The van der Waals surface area contributed by atoms with Gasteiger partial charge >= 0.3 is 0 Å². The van der Waals surface area contributed by atoms with Crippen LogP contribution in [0.4, 0.5) is 0 Å². The first kappa shape index (κ1) is 10.8. The van der Waals surface area contributed by atoms with Crippen molar-refractivity contribution in [3.05, 3.63) is 36.0 Å². The quantitative estimate of drug-likeness (QED) is 0.860. The molecule has 0 aliphatic heterocycles. The number of rotatable bonds is 3. The molecule has 1 heterocycles. The van der Waals surface area contributed by atoms with Gasteiger partial charge in [0.25, 0.3) is 0 Å². The molecular weight excluding hydrogens is 208 g/mol. The Hall–Kier alpha value is -1.28. The molecule has 1 fully saturated rings. The van der Waals surface area contributed by atoms with Crippen molar-refractivity contribution in [2.45, 2.75) is 31.1 Å². The third-order valence-corrected chi connectivity index (χ3v) is 4.43. The minimum Gasteiger partial charge on any atom is -0.351 e. The van der Waals surface area contributed by atoms with Crippen LogP contribution in [0.1, 0.15) is 31.2 Å². The predicted octanol–water partition coefficient (Wildman–Crippen LogP) is 2.95. The van der Waals surface area contributed by atoms with E-state index in [1.165, 1.54) is 35.7 Å². The Balaban J connectivity index is 2.07. The first-order valence-corrected chi connectivity index (χ1v) is 6.51. The van der Waals surface area contributed by atoms with Gasteiger partial charge in [0.1, 0.15) is 0 Å². The van der Waals surface area contributed by atoms with E-state index in [2.05, 4.69) is 42.1 Å². The summed E-state index contributed by atoms with van der Waals surface area (Å²) < 4.78 is 2.20. The topological polar surface area (TPSA) is 30.9 Å². The highest BCUT2D eigenvalue weighted by Gasteiger charge is 2.37. The van der Waals surface area contributed by atoms with Gasteiger partial charge in [-0.2, -0.15) is 0 Å². The summed E-state index contributed by atoms with van der Waals surface area (Å²) in [6, 6.07) is 9.10. The molecule has 1 aliphatic rings. The SMILES string of the molecule is Cn1ccc2ccc(C3(CCN)CCC3)cc21. The molecule has 2 N–H and O–H groups in total. The van der Waals surface area contributed by atoms with E-state index in [1.807, 2.05) is 0 Å². The minimum atomic E-state index is 0.382. The highest BCUT2D eigenvalue weighted by atomic mass is 14.9. The molecule has 90 valence electrons. The van der Waals surface area contributed by atoms with Gasteiger partial charge in [0, 0.05) is 18.8 Å². The van der Waals surface area contributed by atoms with E-state index in [4.69, 9.17) is 5.73 Å². The Morgan fingerprint density at radius 2 is 2.12 bits per heavy atom. The van der Waals surface area contributed by atoms with Gasteiger partial charge in [0.2, 0.25) is 0 Å². The Morgan fingerprint density at radius 3 is 2.76 bits per heavy atom. The predicted molar refractivity (Wildman–Crippen MR) is 72.1 cm³/mol. The summed E-state index contributed by atoms with van der Waals surface area (Å²) in [4.78, 5) is 0.